The van der Waals surface area contributed by atoms with Gasteiger partial charge in [-0.1, -0.05) is 150 Å². The highest BCUT2D eigenvalue weighted by molar-refractivity contribution is 6.41. The molecule has 0 fully saturated rings. The van der Waals surface area contributed by atoms with Crippen molar-refractivity contribution in [1.29, 1.82) is 0 Å². The van der Waals surface area contributed by atoms with E-state index in [2.05, 4.69) is 74.1 Å². The number of rotatable bonds is 31. The number of aliphatic hydroxyl groups is 2. The lowest BCUT2D eigenvalue weighted by atomic mass is 9.89. The molecule has 5 aromatic rings. The summed E-state index contributed by atoms with van der Waals surface area (Å²) in [7, 11) is 0. The Balaban J connectivity index is 1.39. The predicted octanol–water partition coefficient (Wildman–Crippen LogP) is 1.83. The summed E-state index contributed by atoms with van der Waals surface area (Å²) in [6.07, 6.45) is 5.36. The number of carbonyl (C=O) groups excluding carboxylic acids is 16. The number of amides is 14. The Labute approximate surface area is 734 Å². The fourth-order valence-electron chi connectivity index (χ4n) is 14.6. The van der Waals surface area contributed by atoms with E-state index in [1.807, 2.05) is 39.8 Å². The van der Waals surface area contributed by atoms with Crippen LogP contribution in [0.3, 0.4) is 0 Å². The quantitative estimate of drug-likeness (QED) is 0.0222. The monoisotopic (exact) mass is 1750 g/mol. The van der Waals surface area contributed by atoms with Gasteiger partial charge in [0.05, 0.1) is 30.7 Å². The molecule has 0 bridgehead atoms. The molecule has 4 aromatic carbocycles. The van der Waals surface area contributed by atoms with Crippen LogP contribution in [0.4, 0.5) is 0 Å². The first kappa shape index (κ1) is 103. The minimum Gasteiger partial charge on any atom is -0.508 e. The largest absolute Gasteiger partial charge is 0.508 e. The second-order valence-electron chi connectivity index (χ2n) is 33.9. The second kappa shape index (κ2) is 50.0. The number of hydrogen-bond acceptors (Lipinski definition) is 20. The van der Waals surface area contributed by atoms with Crippen molar-refractivity contribution in [2.45, 2.75) is 269 Å². The number of phenols is 1. The van der Waals surface area contributed by atoms with Crippen molar-refractivity contribution in [3.05, 3.63) is 150 Å². The molecule has 21 N–H and O–H groups in total. The number of aromatic amines is 1. The van der Waals surface area contributed by atoms with Crippen LogP contribution >= 0.6 is 0 Å². The average Bonchev–Trinajstić information content (AvgIpc) is 1.36. The van der Waals surface area contributed by atoms with Gasteiger partial charge in [-0.25, -0.2) is 0 Å². The molecule has 0 aliphatic carbocycles. The number of phenolic OH excluding ortho intramolecular Hbond substituents is 1. The van der Waals surface area contributed by atoms with Crippen molar-refractivity contribution in [2.24, 2.45) is 29.2 Å². The number of nitrogens with one attached hydrogen (secondary N) is 14. The molecule has 686 valence electrons. The third-order valence-electron chi connectivity index (χ3n) is 21.9. The summed E-state index contributed by atoms with van der Waals surface area (Å²) in [5, 5.41) is 67.5. The Kier molecular flexibility index (Phi) is 40.7. The molecule has 2 heterocycles. The molecule has 0 saturated heterocycles. The molecular formula is C91H128N16O19. The van der Waals surface area contributed by atoms with E-state index in [1.165, 1.54) is 72.7 Å². The summed E-state index contributed by atoms with van der Waals surface area (Å²) in [4.78, 5) is 231. The van der Waals surface area contributed by atoms with Gasteiger partial charge in [-0.05, 0) is 152 Å². The fourth-order valence-corrected chi connectivity index (χ4v) is 14.6. The summed E-state index contributed by atoms with van der Waals surface area (Å²) in [5.74, 6) is -16.1. The van der Waals surface area contributed by atoms with E-state index in [1.54, 1.807) is 91.1 Å². The molecule has 6 rings (SSSR count). The van der Waals surface area contributed by atoms with E-state index in [4.69, 9.17) is 11.5 Å². The van der Waals surface area contributed by atoms with Crippen LogP contribution < -0.4 is 80.6 Å². The van der Waals surface area contributed by atoms with Crippen LogP contribution in [0.5, 0.6) is 5.75 Å². The summed E-state index contributed by atoms with van der Waals surface area (Å²) >= 11 is 0. The molecule has 1 aliphatic heterocycles. The van der Waals surface area contributed by atoms with Gasteiger partial charge in [0.15, 0.2) is 0 Å². The van der Waals surface area contributed by atoms with Gasteiger partial charge in [0, 0.05) is 62.7 Å². The van der Waals surface area contributed by atoms with Gasteiger partial charge in [-0.3, -0.25) is 76.7 Å². The molecule has 15 atom stereocenters. The number of Topliss-reactive ketones (excluding diaryl/α,β-unsaturated/α-hetero) is 2. The van der Waals surface area contributed by atoms with Crippen LogP contribution in [-0.4, -0.2) is 211 Å². The Hall–Kier alpha value is -12.2. The van der Waals surface area contributed by atoms with Crippen molar-refractivity contribution in [3.8, 4) is 5.75 Å². The van der Waals surface area contributed by atoms with Crippen LogP contribution in [0, 0.1) is 17.8 Å². The first-order valence-corrected chi connectivity index (χ1v) is 43.0. The van der Waals surface area contributed by atoms with Gasteiger partial charge in [-0.15, -0.1) is 0 Å². The highest BCUT2D eigenvalue weighted by atomic mass is 16.3. The van der Waals surface area contributed by atoms with Gasteiger partial charge < -0.3 is 101 Å². The van der Waals surface area contributed by atoms with Gasteiger partial charge in [0.25, 0.3) is 0 Å². The van der Waals surface area contributed by atoms with Crippen molar-refractivity contribution in [3.63, 3.8) is 0 Å². The minimum atomic E-state index is -1.91. The van der Waals surface area contributed by atoms with Crippen LogP contribution in [0.1, 0.15) is 182 Å². The third kappa shape index (κ3) is 33.0. The number of H-pyrrole nitrogens is 1. The zero-order valence-corrected chi connectivity index (χ0v) is 73.7. The van der Waals surface area contributed by atoms with Crippen LogP contribution in [0.25, 0.3) is 10.9 Å². The first-order valence-electron chi connectivity index (χ1n) is 43.0. The third-order valence-corrected chi connectivity index (χ3v) is 21.9. The minimum absolute atomic E-state index is 0.0298. The lowest BCUT2D eigenvalue weighted by molar-refractivity contribution is -0.140. The summed E-state index contributed by atoms with van der Waals surface area (Å²) in [6.45, 7) is 15.1. The van der Waals surface area contributed by atoms with E-state index >= 15 is 24.0 Å². The number of fused-ring (bicyclic) bond motifs is 1. The molecule has 0 radical (unpaired) electrons. The van der Waals surface area contributed by atoms with Gasteiger partial charge in [-0.2, -0.15) is 0 Å². The van der Waals surface area contributed by atoms with Crippen molar-refractivity contribution in [1.82, 2.24) is 74.1 Å². The van der Waals surface area contributed by atoms with E-state index in [-0.39, 0.29) is 94.8 Å². The number of hydrogen-bond donors (Lipinski definition) is 19. The molecule has 1 aromatic heterocycles. The lowest BCUT2D eigenvalue weighted by Gasteiger charge is -2.33. The van der Waals surface area contributed by atoms with Crippen LogP contribution in [-0.2, 0) is 102 Å². The number of carbonyl (C=O) groups is 16. The normalized spacial score (nSPS) is 22.3. The number of para-hydroxylation sites is 1. The van der Waals surface area contributed by atoms with Crippen LogP contribution in [0.2, 0.25) is 0 Å². The van der Waals surface area contributed by atoms with Gasteiger partial charge in [0.2, 0.25) is 94.3 Å². The zero-order valence-electron chi connectivity index (χ0n) is 73.7. The zero-order chi connectivity index (χ0) is 93.1. The Morgan fingerprint density at radius 1 is 0.540 bits per heavy atom. The Morgan fingerprint density at radius 2 is 1.12 bits per heavy atom. The number of primary amides is 2. The fraction of sp³-hybridized carbons (Fsp3) is 0.516. The summed E-state index contributed by atoms with van der Waals surface area (Å²) in [5.41, 5.74) is 10.2. The average molecular weight is 1750 g/mol. The Bertz CT molecular complexity index is 4600. The number of allylic oxidation sites excluding steroid dienone is 2. The molecule has 0 spiro atoms. The van der Waals surface area contributed by atoms with Gasteiger partial charge >= 0.3 is 0 Å². The number of ketones is 2. The topological polar surface area (TPSA) is 558 Å². The molecule has 1 aliphatic rings. The number of aromatic hydroxyl groups is 1. The summed E-state index contributed by atoms with van der Waals surface area (Å²) < 4.78 is 0. The van der Waals surface area contributed by atoms with Gasteiger partial charge in [0.1, 0.15) is 71.2 Å². The highest BCUT2D eigenvalue weighted by Crippen LogP contribution is 2.25. The molecule has 126 heavy (non-hydrogen) atoms. The van der Waals surface area contributed by atoms with E-state index < -0.39 is 197 Å². The highest BCUT2D eigenvalue weighted by Gasteiger charge is 2.43. The molecule has 35 nitrogen and oxygen atoms in total. The molecule has 0 saturated carbocycles. The van der Waals surface area contributed by atoms with Crippen LogP contribution in [0.15, 0.2) is 128 Å². The molecule has 4 unspecified atom stereocenters. The maximum Gasteiger partial charge on any atom is 0.246 e. The van der Waals surface area contributed by atoms with E-state index in [0.717, 1.165) is 0 Å². The predicted molar refractivity (Wildman–Crippen MR) is 470 cm³/mol. The molecule has 14 amide bonds. The molecular weight excluding hydrogens is 1620 g/mol. The number of aromatic nitrogens is 1. The first-order chi connectivity index (χ1) is 59.6. The van der Waals surface area contributed by atoms with Crippen molar-refractivity contribution in [2.75, 3.05) is 13.2 Å². The SMILES string of the molecule is CC(=O)N[C@@H](CC(C)C)C(=O)N[C@H](C(=O)N[C@@H](Cc1ccccc1)C(=O)N[C@]1(C)CCCCCC/C=C/CCC[C@@](C)(C(=O)NC(CO)C(=O)N[C@@H](C)C(=O)NC(Cc2ccccc2)C(N)=O)NC(=O)[C@H](CC(C)C)CN[C@@H](CCC(N)=O)C(=O)C(=O)C(C)NC(=O)[C@H](Cc2c[nH]c3ccccc23)NC(=O)[C@H](Cc2ccc(O)cc2)NC(=O)C(C)NC1=O)[C@@H](C)O. The lowest BCUT2D eigenvalue weighted by Crippen LogP contribution is -2.64. The number of aliphatic hydroxyl groups excluding tert-OH is 2. The number of nitrogens with two attached hydrogens (primary N) is 2. The maximum atomic E-state index is 15.3. The molecule has 35 heteroatoms. The van der Waals surface area contributed by atoms with Crippen molar-refractivity contribution < 1.29 is 92.0 Å². The van der Waals surface area contributed by atoms with Crippen molar-refractivity contribution >= 4 is 105 Å². The maximum absolute atomic E-state index is 15.3. The second-order valence-corrected chi connectivity index (χ2v) is 33.9. The Morgan fingerprint density at radius 3 is 1.72 bits per heavy atom. The van der Waals surface area contributed by atoms with E-state index in [0.29, 0.717) is 65.3 Å². The summed E-state index contributed by atoms with van der Waals surface area (Å²) in [6, 6.07) is 13.5. The standard InChI is InChI=1S/C91H128N16O19/c1-52(2)43-63-50-95-67(39-40-74(92)112)77(114)76(113)54(5)96-82(119)72(48-62-49-94-66-34-26-25-33-65(62)66)102-83(120)70(47-61-35-37-64(111)38-36-61)101-80(117)56(7)98-88(125)90(10,107-86(123)71(46-60-31-23-20-24-32-60)103-87(124)75(57(8)109)105-84(121)69(44-53(3)4)99-58(9)110)41-27-17-15-13-12-14-16-18-28-42-91(11,106-81(63)118)89(126)104-73(51-108)85(122)97-55(6)79(116)100-68(78(93)115)45-59-29-21-19-22-30-59/h14,16,19-26,29-38,49,52-57,63,67-73,75,94-95,108-109,111H,12-13,15,17-18,27-28,39-48,50-51H2,1-11H3,(H2,92,112)(H2,93,115)(H,96,119)(H,97,122)(H,98,125)(H,99,110)(H,100,116)(H,101,117)(H,102,120)(H,103,124)(H,104,126)(H,105,121)(H,106,118)(H,107,123)/b16-14+/t54?,55-,56?,57+,63+,67-,68?,69-,70-,71-,72-,73?,75-,90+,91-/m0/s1. The van der Waals surface area contributed by atoms with E-state index in [9.17, 15) is 68.1 Å². The number of benzene rings is 4. The smallest absolute Gasteiger partial charge is 0.246 e.